The molecule has 1 aliphatic heterocycles. The molecule has 6 nitrogen and oxygen atoms in total. The Morgan fingerprint density at radius 1 is 1.00 bits per heavy atom. The van der Waals surface area contributed by atoms with Crippen LogP contribution in [0.2, 0.25) is 0 Å². The molecular weight excluding hydrogens is 443 g/mol. The molecule has 2 aromatic carbocycles. The zero-order valence-corrected chi connectivity index (χ0v) is 16.5. The summed E-state index contributed by atoms with van der Waals surface area (Å²) < 4.78 is 46.9. The summed E-state index contributed by atoms with van der Waals surface area (Å²) in [7, 11) is 0. The molecule has 0 N–H and O–H groups in total. The summed E-state index contributed by atoms with van der Waals surface area (Å²) in [5.41, 5.74) is 0. The molecule has 1 aliphatic rings. The zero-order valence-electron chi connectivity index (χ0n) is 14.9. The van der Waals surface area contributed by atoms with Crippen LogP contribution >= 0.6 is 15.9 Å². The molecule has 0 aromatic heterocycles. The van der Waals surface area contributed by atoms with Crippen LogP contribution in [0.1, 0.15) is 13.8 Å². The van der Waals surface area contributed by atoms with Gasteiger partial charge < -0.3 is 14.3 Å². The lowest BCUT2D eigenvalue weighted by Crippen LogP contribution is -2.50. The highest BCUT2D eigenvalue weighted by molar-refractivity contribution is 9.09. The Labute approximate surface area is 168 Å². The molecule has 1 atom stereocenters. The Hall–Kier alpha value is -2.46. The van der Waals surface area contributed by atoms with Crippen molar-refractivity contribution in [2.24, 2.45) is 4.99 Å². The minimum absolute atomic E-state index is 0.111. The van der Waals surface area contributed by atoms with E-state index in [1.807, 2.05) is 32.0 Å². The summed E-state index contributed by atoms with van der Waals surface area (Å²) in [6, 6.07) is 14.4. The molecule has 1 unspecified atom stereocenters. The molecule has 2 aromatic rings. The Morgan fingerprint density at radius 3 is 2.29 bits per heavy atom. The van der Waals surface area contributed by atoms with Gasteiger partial charge in [0.2, 0.25) is 5.08 Å². The van der Waals surface area contributed by atoms with E-state index in [9.17, 15) is 13.2 Å². The van der Waals surface area contributed by atoms with Gasteiger partial charge >= 0.3 is 12.4 Å². The van der Waals surface area contributed by atoms with Crippen LogP contribution in [-0.4, -0.2) is 33.7 Å². The first-order chi connectivity index (χ1) is 13.2. The summed E-state index contributed by atoms with van der Waals surface area (Å²) in [5.74, 6) is 0.356. The average Bonchev–Trinajstić information content (AvgIpc) is 2.90. The van der Waals surface area contributed by atoms with E-state index in [4.69, 9.17) is 9.57 Å². The SMILES string of the molecule is CC(C)N1C(Oc2cccc(OC(F)(F)F)c2)=NC(Br)N1Oc1ccccc1. The van der Waals surface area contributed by atoms with Gasteiger partial charge in [0.25, 0.3) is 0 Å². The van der Waals surface area contributed by atoms with Gasteiger partial charge in [-0.1, -0.05) is 24.3 Å². The van der Waals surface area contributed by atoms with Crippen LogP contribution in [0.3, 0.4) is 0 Å². The van der Waals surface area contributed by atoms with Crippen LogP contribution in [0, 0.1) is 0 Å². The minimum atomic E-state index is -4.78. The second-order valence-electron chi connectivity index (χ2n) is 5.99. The summed E-state index contributed by atoms with van der Waals surface area (Å²) >= 11 is 3.40. The molecule has 3 rings (SSSR count). The van der Waals surface area contributed by atoms with E-state index in [1.165, 1.54) is 23.4 Å². The number of halogens is 4. The summed E-state index contributed by atoms with van der Waals surface area (Å²) in [6.45, 7) is 3.79. The monoisotopic (exact) mass is 459 g/mol. The molecule has 1 heterocycles. The number of hydrazine groups is 1. The number of ether oxygens (including phenoxy) is 2. The van der Waals surface area contributed by atoms with Gasteiger partial charge in [0.15, 0.2) is 0 Å². The number of aliphatic imine (C=N–C) groups is 1. The van der Waals surface area contributed by atoms with Crippen LogP contribution < -0.4 is 14.3 Å². The van der Waals surface area contributed by atoms with E-state index in [0.717, 1.165) is 6.07 Å². The number of alkyl halides is 4. The fourth-order valence-electron chi connectivity index (χ4n) is 2.43. The molecule has 0 spiro atoms. The summed E-state index contributed by atoms with van der Waals surface area (Å²) in [6.07, 6.45) is -4.78. The molecule has 0 amide bonds. The van der Waals surface area contributed by atoms with Crippen LogP contribution in [-0.2, 0) is 0 Å². The lowest BCUT2D eigenvalue weighted by molar-refractivity contribution is -0.274. The van der Waals surface area contributed by atoms with Gasteiger partial charge in [0.1, 0.15) is 17.2 Å². The van der Waals surface area contributed by atoms with Gasteiger partial charge in [-0.2, -0.15) is 4.99 Å². The maximum atomic E-state index is 12.4. The average molecular weight is 460 g/mol. The van der Waals surface area contributed by atoms with Crippen LogP contribution in [0.4, 0.5) is 13.2 Å². The van der Waals surface area contributed by atoms with Crippen LogP contribution in [0.25, 0.3) is 0 Å². The Balaban J connectivity index is 1.78. The highest BCUT2D eigenvalue weighted by Gasteiger charge is 2.38. The quantitative estimate of drug-likeness (QED) is 0.468. The highest BCUT2D eigenvalue weighted by atomic mass is 79.9. The second-order valence-corrected chi connectivity index (χ2v) is 6.81. The molecule has 0 saturated heterocycles. The van der Waals surface area contributed by atoms with E-state index >= 15 is 0 Å². The first-order valence-electron chi connectivity index (χ1n) is 8.30. The number of rotatable bonds is 5. The van der Waals surface area contributed by atoms with Crippen molar-refractivity contribution in [3.8, 4) is 17.2 Å². The Bertz CT molecular complexity index is 834. The van der Waals surface area contributed by atoms with Crippen molar-refractivity contribution < 1.29 is 27.5 Å². The lowest BCUT2D eigenvalue weighted by Gasteiger charge is -2.32. The van der Waals surface area contributed by atoms with Gasteiger partial charge in [-0.15, -0.1) is 13.2 Å². The number of para-hydroxylation sites is 1. The molecule has 28 heavy (non-hydrogen) atoms. The molecule has 0 aliphatic carbocycles. The minimum Gasteiger partial charge on any atom is -0.425 e. The normalized spacial score (nSPS) is 17.6. The first-order valence-corrected chi connectivity index (χ1v) is 9.21. The standard InChI is InChI=1S/C18H17BrF3N3O3/c1-12(2)24-17(23-16(19)25(24)28-13-7-4-3-5-8-13)26-14-9-6-10-15(11-14)27-18(20,21)22/h3-12,16H,1-2H3. The highest BCUT2D eigenvalue weighted by Crippen LogP contribution is 2.30. The lowest BCUT2D eigenvalue weighted by atomic mass is 10.3. The van der Waals surface area contributed by atoms with Crippen molar-refractivity contribution in [1.29, 1.82) is 0 Å². The third-order valence-electron chi connectivity index (χ3n) is 3.49. The van der Waals surface area contributed by atoms with E-state index in [2.05, 4.69) is 25.7 Å². The fourth-order valence-corrected chi connectivity index (χ4v) is 2.88. The predicted octanol–water partition coefficient (Wildman–Crippen LogP) is 4.93. The van der Waals surface area contributed by atoms with Crippen molar-refractivity contribution in [2.45, 2.75) is 31.3 Å². The van der Waals surface area contributed by atoms with E-state index in [0.29, 0.717) is 5.75 Å². The fraction of sp³-hybridized carbons (Fsp3) is 0.278. The number of hydrogen-bond donors (Lipinski definition) is 0. The molecule has 10 heteroatoms. The third kappa shape index (κ3) is 5.08. The van der Waals surface area contributed by atoms with Crippen molar-refractivity contribution >= 4 is 22.0 Å². The van der Waals surface area contributed by atoms with Crippen LogP contribution in [0.15, 0.2) is 59.6 Å². The molecule has 0 fully saturated rings. The zero-order chi connectivity index (χ0) is 20.3. The maximum absolute atomic E-state index is 12.4. The van der Waals surface area contributed by atoms with Crippen LogP contribution in [0.5, 0.6) is 17.2 Å². The number of hydrogen-bond acceptors (Lipinski definition) is 6. The molecule has 0 saturated carbocycles. The smallest absolute Gasteiger partial charge is 0.425 e. The predicted molar refractivity (Wildman–Crippen MR) is 99.8 cm³/mol. The third-order valence-corrected chi connectivity index (χ3v) is 4.04. The van der Waals surface area contributed by atoms with Crippen molar-refractivity contribution in [3.05, 3.63) is 54.6 Å². The van der Waals surface area contributed by atoms with Gasteiger partial charge in [0.05, 0.1) is 0 Å². The summed E-state index contributed by atoms with van der Waals surface area (Å²) in [5, 5.41) is 2.54. The van der Waals surface area contributed by atoms with E-state index in [1.54, 1.807) is 17.1 Å². The number of hydroxylamine groups is 1. The number of nitrogens with zero attached hydrogens (tertiary/aromatic N) is 3. The van der Waals surface area contributed by atoms with Gasteiger partial charge in [0, 0.05) is 12.1 Å². The summed E-state index contributed by atoms with van der Waals surface area (Å²) in [4.78, 5) is 10.2. The molecule has 0 bridgehead atoms. The Kier molecular flexibility index (Phi) is 5.99. The van der Waals surface area contributed by atoms with E-state index < -0.39 is 11.4 Å². The van der Waals surface area contributed by atoms with Crippen molar-refractivity contribution in [2.75, 3.05) is 0 Å². The number of benzene rings is 2. The number of amidine groups is 1. The van der Waals surface area contributed by atoms with Crippen molar-refractivity contribution in [1.82, 2.24) is 10.2 Å². The first kappa shape index (κ1) is 20.3. The largest absolute Gasteiger partial charge is 0.573 e. The van der Waals surface area contributed by atoms with Gasteiger partial charge in [-0.25, -0.2) is 5.01 Å². The van der Waals surface area contributed by atoms with Crippen molar-refractivity contribution in [3.63, 3.8) is 0 Å². The van der Waals surface area contributed by atoms with Gasteiger partial charge in [-0.3, -0.25) is 0 Å². The second kappa shape index (κ2) is 8.27. The molecule has 150 valence electrons. The topological polar surface area (TPSA) is 46.5 Å². The Morgan fingerprint density at radius 2 is 1.64 bits per heavy atom. The molecular formula is C18H17BrF3N3O3. The van der Waals surface area contributed by atoms with E-state index in [-0.39, 0.29) is 23.6 Å². The van der Waals surface area contributed by atoms with Gasteiger partial charge in [-0.05, 0) is 59.2 Å². The molecule has 0 radical (unpaired) electrons. The maximum Gasteiger partial charge on any atom is 0.573 e.